The number of carboxylic acids is 1. The molecule has 0 aromatic heterocycles. The molecule has 5 nitrogen and oxygen atoms in total. The molecule has 0 spiro atoms. The molecule has 6 heteroatoms. The molecule has 1 heterocycles. The van der Waals surface area contributed by atoms with E-state index in [0.29, 0.717) is 17.5 Å². The van der Waals surface area contributed by atoms with Crippen LogP contribution in [0, 0.1) is 0 Å². The van der Waals surface area contributed by atoms with Gasteiger partial charge < -0.3 is 15.3 Å². The largest absolute Gasteiger partial charge is 0.481 e. The van der Waals surface area contributed by atoms with Crippen molar-refractivity contribution < 1.29 is 14.7 Å². The second kappa shape index (κ2) is 8.43. The Morgan fingerprint density at radius 2 is 2.05 bits per heavy atom. The molecule has 1 atom stereocenters. The Kier molecular flexibility index (Phi) is 7.23. The second-order valence-corrected chi connectivity index (χ2v) is 6.18. The van der Waals surface area contributed by atoms with Crippen LogP contribution in [0.25, 0.3) is 0 Å². The molecule has 0 radical (unpaired) electrons. The van der Waals surface area contributed by atoms with E-state index in [-0.39, 0.29) is 18.4 Å². The van der Waals surface area contributed by atoms with Gasteiger partial charge in [0.2, 0.25) is 5.91 Å². The average molecular weight is 288 g/mol. The molecule has 1 saturated heterocycles. The van der Waals surface area contributed by atoms with Crippen molar-refractivity contribution in [3.8, 4) is 0 Å². The summed E-state index contributed by atoms with van der Waals surface area (Å²) >= 11 is 1.71. The van der Waals surface area contributed by atoms with Gasteiger partial charge >= 0.3 is 5.97 Å². The minimum Gasteiger partial charge on any atom is -0.481 e. The third kappa shape index (κ3) is 5.82. The number of thioether (sulfide) groups is 1. The summed E-state index contributed by atoms with van der Waals surface area (Å²) in [6.45, 7) is 6.31. The third-order valence-corrected chi connectivity index (χ3v) is 4.75. The molecule has 1 fully saturated rings. The summed E-state index contributed by atoms with van der Waals surface area (Å²) in [5, 5.41) is 12.7. The predicted molar refractivity (Wildman–Crippen MR) is 77.5 cm³/mol. The van der Waals surface area contributed by atoms with Gasteiger partial charge in [-0.05, 0) is 39.8 Å². The van der Waals surface area contributed by atoms with Crippen molar-refractivity contribution in [1.29, 1.82) is 0 Å². The number of carbonyl (C=O) groups is 2. The van der Waals surface area contributed by atoms with Crippen molar-refractivity contribution in [3.63, 3.8) is 0 Å². The van der Waals surface area contributed by atoms with Gasteiger partial charge in [0.25, 0.3) is 0 Å². The molecule has 19 heavy (non-hydrogen) atoms. The maximum Gasteiger partial charge on any atom is 0.305 e. The maximum absolute atomic E-state index is 12.1. The van der Waals surface area contributed by atoms with E-state index in [0.717, 1.165) is 25.9 Å². The molecule has 2 N–H and O–H groups in total. The van der Waals surface area contributed by atoms with Crippen LogP contribution in [0.1, 0.15) is 33.1 Å². The van der Waals surface area contributed by atoms with Crippen LogP contribution in [0.5, 0.6) is 0 Å². The highest BCUT2D eigenvalue weighted by Crippen LogP contribution is 2.21. The highest BCUT2D eigenvalue weighted by Gasteiger charge is 2.22. The molecule has 1 rings (SSSR count). The molecule has 0 saturated carbocycles. The topological polar surface area (TPSA) is 69.6 Å². The molecule has 0 bridgehead atoms. The normalized spacial score (nSPS) is 18.0. The number of hydrogen-bond donors (Lipinski definition) is 2. The van der Waals surface area contributed by atoms with E-state index >= 15 is 0 Å². The summed E-state index contributed by atoms with van der Waals surface area (Å²) in [5.74, 6) is -0.341. The van der Waals surface area contributed by atoms with Crippen LogP contribution in [-0.4, -0.2) is 58.6 Å². The van der Waals surface area contributed by atoms with E-state index in [4.69, 9.17) is 5.11 Å². The molecular formula is C13H24N2O3S. The monoisotopic (exact) mass is 288 g/mol. The fourth-order valence-electron chi connectivity index (χ4n) is 2.33. The van der Waals surface area contributed by atoms with Gasteiger partial charge in [-0.25, -0.2) is 0 Å². The number of nitrogens with zero attached hydrogens (tertiary/aromatic N) is 1. The Hall–Kier alpha value is -0.750. The van der Waals surface area contributed by atoms with Crippen molar-refractivity contribution in [2.24, 2.45) is 0 Å². The first-order valence-corrected chi connectivity index (χ1v) is 7.93. The zero-order valence-corrected chi connectivity index (χ0v) is 12.5. The summed E-state index contributed by atoms with van der Waals surface area (Å²) < 4.78 is 0. The van der Waals surface area contributed by atoms with E-state index in [9.17, 15) is 9.59 Å². The Balaban J connectivity index is 2.37. The van der Waals surface area contributed by atoms with Crippen LogP contribution >= 0.6 is 11.8 Å². The van der Waals surface area contributed by atoms with E-state index in [2.05, 4.69) is 5.32 Å². The molecule has 1 amide bonds. The van der Waals surface area contributed by atoms with Gasteiger partial charge in [-0.2, -0.15) is 0 Å². The number of carboxylic acid groups (broad SMARTS) is 1. The SMILES string of the molecule is CCN(C(=O)CSC1CCNCC1)C(C)CC(=O)O. The molecular weight excluding hydrogens is 264 g/mol. The average Bonchev–Trinajstić information content (AvgIpc) is 2.37. The summed E-state index contributed by atoms with van der Waals surface area (Å²) in [5.41, 5.74) is 0. The molecule has 1 unspecified atom stereocenters. The Bertz CT molecular complexity index is 306. The van der Waals surface area contributed by atoms with Crippen molar-refractivity contribution in [2.45, 2.75) is 44.4 Å². The lowest BCUT2D eigenvalue weighted by Gasteiger charge is -2.28. The quantitative estimate of drug-likeness (QED) is 0.736. The van der Waals surface area contributed by atoms with Crippen molar-refractivity contribution >= 4 is 23.6 Å². The van der Waals surface area contributed by atoms with Gasteiger partial charge in [0.05, 0.1) is 12.2 Å². The number of rotatable bonds is 7. The summed E-state index contributed by atoms with van der Waals surface area (Å²) in [6, 6.07) is -0.233. The fourth-order valence-corrected chi connectivity index (χ4v) is 3.44. The molecule has 1 aliphatic rings. The van der Waals surface area contributed by atoms with Crippen LogP contribution in [0.15, 0.2) is 0 Å². The lowest BCUT2D eigenvalue weighted by molar-refractivity contribution is -0.139. The number of piperidine rings is 1. The van der Waals surface area contributed by atoms with Crippen molar-refractivity contribution in [3.05, 3.63) is 0 Å². The standard InChI is InChI=1S/C13H24N2O3S/c1-3-15(10(2)8-13(17)18)12(16)9-19-11-4-6-14-7-5-11/h10-11,14H,3-9H2,1-2H3,(H,17,18). The summed E-state index contributed by atoms with van der Waals surface area (Å²) in [7, 11) is 0. The summed E-state index contributed by atoms with van der Waals surface area (Å²) in [6.07, 6.45) is 2.22. The van der Waals surface area contributed by atoms with E-state index in [1.165, 1.54) is 0 Å². The van der Waals surface area contributed by atoms with Crippen LogP contribution in [-0.2, 0) is 9.59 Å². The number of aliphatic carboxylic acids is 1. The lowest BCUT2D eigenvalue weighted by Crippen LogP contribution is -2.41. The minimum absolute atomic E-state index is 0.0115. The van der Waals surface area contributed by atoms with Crippen molar-refractivity contribution in [2.75, 3.05) is 25.4 Å². The second-order valence-electron chi connectivity index (χ2n) is 4.89. The maximum atomic E-state index is 12.1. The van der Waals surface area contributed by atoms with Crippen LogP contribution < -0.4 is 5.32 Å². The van der Waals surface area contributed by atoms with E-state index in [1.807, 2.05) is 6.92 Å². The van der Waals surface area contributed by atoms with Crippen LogP contribution in [0.3, 0.4) is 0 Å². The third-order valence-electron chi connectivity index (χ3n) is 3.39. The van der Waals surface area contributed by atoms with Crippen molar-refractivity contribution in [1.82, 2.24) is 10.2 Å². The van der Waals surface area contributed by atoms with E-state index < -0.39 is 5.97 Å². The lowest BCUT2D eigenvalue weighted by atomic mass is 10.2. The number of carbonyl (C=O) groups excluding carboxylic acids is 1. The summed E-state index contributed by atoms with van der Waals surface area (Å²) in [4.78, 5) is 24.5. The zero-order valence-electron chi connectivity index (χ0n) is 11.7. The van der Waals surface area contributed by atoms with Gasteiger partial charge in [0, 0.05) is 17.8 Å². The molecule has 0 aliphatic carbocycles. The Morgan fingerprint density at radius 1 is 1.42 bits per heavy atom. The molecule has 0 aromatic rings. The highest BCUT2D eigenvalue weighted by atomic mass is 32.2. The first kappa shape index (κ1) is 16.3. The first-order chi connectivity index (χ1) is 9.04. The number of hydrogen-bond acceptors (Lipinski definition) is 4. The van der Waals surface area contributed by atoms with Gasteiger partial charge in [0.1, 0.15) is 0 Å². The number of nitrogens with one attached hydrogen (secondary N) is 1. The van der Waals surface area contributed by atoms with Gasteiger partial charge in [0.15, 0.2) is 0 Å². The van der Waals surface area contributed by atoms with E-state index in [1.54, 1.807) is 23.6 Å². The fraction of sp³-hybridized carbons (Fsp3) is 0.846. The Labute approximate surface area is 119 Å². The Morgan fingerprint density at radius 3 is 2.58 bits per heavy atom. The molecule has 110 valence electrons. The zero-order chi connectivity index (χ0) is 14.3. The molecule has 1 aliphatic heterocycles. The van der Waals surface area contributed by atoms with Gasteiger partial charge in [-0.3, -0.25) is 9.59 Å². The van der Waals surface area contributed by atoms with Gasteiger partial charge in [-0.1, -0.05) is 0 Å². The smallest absolute Gasteiger partial charge is 0.305 e. The number of amides is 1. The predicted octanol–water partition coefficient (Wildman–Crippen LogP) is 1.18. The highest BCUT2D eigenvalue weighted by molar-refractivity contribution is 8.00. The van der Waals surface area contributed by atoms with Crippen LogP contribution in [0.2, 0.25) is 0 Å². The van der Waals surface area contributed by atoms with Crippen LogP contribution in [0.4, 0.5) is 0 Å². The minimum atomic E-state index is -0.857. The molecule has 0 aromatic carbocycles. The first-order valence-electron chi connectivity index (χ1n) is 6.88. The van der Waals surface area contributed by atoms with Gasteiger partial charge in [-0.15, -0.1) is 11.8 Å².